The monoisotopic (exact) mass is 238 g/mol. The Hall–Kier alpha value is -0.0800. The molecule has 1 aliphatic carbocycles. The molecule has 0 bridgehead atoms. The molecule has 2 rings (SSSR count). The van der Waals surface area contributed by atoms with Gasteiger partial charge in [-0.15, -0.1) is 0 Å². The minimum Gasteiger partial charge on any atom is -0.314 e. The van der Waals surface area contributed by atoms with Crippen molar-refractivity contribution in [2.45, 2.75) is 76.3 Å². The van der Waals surface area contributed by atoms with Gasteiger partial charge >= 0.3 is 0 Å². The van der Waals surface area contributed by atoms with Crippen molar-refractivity contribution < 1.29 is 0 Å². The highest BCUT2D eigenvalue weighted by Crippen LogP contribution is 2.32. The smallest absolute Gasteiger partial charge is 0.0190 e. The molecule has 2 aliphatic rings. The molecule has 1 saturated carbocycles. The van der Waals surface area contributed by atoms with Crippen molar-refractivity contribution in [1.82, 2.24) is 10.2 Å². The zero-order valence-corrected chi connectivity index (χ0v) is 11.8. The van der Waals surface area contributed by atoms with Crippen LogP contribution in [0.3, 0.4) is 0 Å². The molecule has 1 aliphatic heterocycles. The molecule has 1 heterocycles. The molecule has 0 spiro atoms. The number of hydrogen-bond donors (Lipinski definition) is 1. The van der Waals surface area contributed by atoms with Crippen LogP contribution in [0.5, 0.6) is 0 Å². The molecule has 0 aromatic rings. The SMILES string of the molecule is CCC1CCCN1CCC1(NC)CCCCC1. The standard InChI is InChI=1S/C15H30N2/c1-3-14-8-7-12-17(14)13-11-15(16-2)9-5-4-6-10-15/h14,16H,3-13H2,1-2H3. The summed E-state index contributed by atoms with van der Waals surface area (Å²) in [6.07, 6.45) is 12.7. The van der Waals surface area contributed by atoms with Gasteiger partial charge in [-0.1, -0.05) is 26.2 Å². The molecule has 1 atom stereocenters. The maximum atomic E-state index is 3.65. The quantitative estimate of drug-likeness (QED) is 0.791. The Morgan fingerprint density at radius 3 is 2.59 bits per heavy atom. The number of hydrogen-bond acceptors (Lipinski definition) is 2. The van der Waals surface area contributed by atoms with Crippen LogP contribution < -0.4 is 5.32 Å². The molecule has 0 radical (unpaired) electrons. The van der Waals surface area contributed by atoms with Gasteiger partial charge in [-0.3, -0.25) is 0 Å². The van der Waals surface area contributed by atoms with Gasteiger partial charge in [0.1, 0.15) is 0 Å². The van der Waals surface area contributed by atoms with Gasteiger partial charge in [-0.25, -0.2) is 0 Å². The average molecular weight is 238 g/mol. The zero-order valence-electron chi connectivity index (χ0n) is 11.8. The average Bonchev–Trinajstić information content (AvgIpc) is 2.85. The van der Waals surface area contributed by atoms with Gasteiger partial charge in [0.15, 0.2) is 0 Å². The Labute approximate surface area is 107 Å². The van der Waals surface area contributed by atoms with Crippen molar-refractivity contribution in [3.8, 4) is 0 Å². The Bertz CT molecular complexity index is 221. The van der Waals surface area contributed by atoms with E-state index in [9.17, 15) is 0 Å². The van der Waals surface area contributed by atoms with Gasteiger partial charge in [-0.2, -0.15) is 0 Å². The van der Waals surface area contributed by atoms with Crippen molar-refractivity contribution >= 4 is 0 Å². The summed E-state index contributed by atoms with van der Waals surface area (Å²) in [6, 6.07) is 0.882. The van der Waals surface area contributed by atoms with E-state index in [1.165, 1.54) is 70.9 Å². The number of likely N-dealkylation sites (tertiary alicyclic amines) is 1. The van der Waals surface area contributed by atoms with E-state index in [1.807, 2.05) is 0 Å². The van der Waals surface area contributed by atoms with Gasteiger partial charge in [0.25, 0.3) is 0 Å². The van der Waals surface area contributed by atoms with E-state index in [0.29, 0.717) is 5.54 Å². The van der Waals surface area contributed by atoms with Crippen LogP contribution in [0.1, 0.15) is 64.7 Å². The second-order valence-corrected chi connectivity index (χ2v) is 6.08. The first kappa shape index (κ1) is 13.4. The highest BCUT2D eigenvalue weighted by atomic mass is 15.2. The summed E-state index contributed by atoms with van der Waals surface area (Å²) in [4.78, 5) is 2.74. The second-order valence-electron chi connectivity index (χ2n) is 6.08. The first-order chi connectivity index (χ1) is 8.29. The predicted molar refractivity (Wildman–Crippen MR) is 74.4 cm³/mol. The lowest BCUT2D eigenvalue weighted by Gasteiger charge is -2.39. The van der Waals surface area contributed by atoms with Crippen LogP contribution in [-0.2, 0) is 0 Å². The first-order valence-electron chi connectivity index (χ1n) is 7.72. The Balaban J connectivity index is 1.82. The fourth-order valence-electron chi connectivity index (χ4n) is 3.86. The van der Waals surface area contributed by atoms with Gasteiger partial charge in [-0.05, 0) is 52.1 Å². The third-order valence-corrected chi connectivity index (χ3v) is 5.19. The summed E-state index contributed by atoms with van der Waals surface area (Å²) in [6.45, 7) is 5.01. The van der Waals surface area contributed by atoms with Crippen molar-refractivity contribution in [1.29, 1.82) is 0 Å². The lowest BCUT2D eigenvalue weighted by atomic mass is 9.79. The zero-order chi connectivity index (χ0) is 12.1. The molecule has 1 saturated heterocycles. The van der Waals surface area contributed by atoms with E-state index >= 15 is 0 Å². The molecule has 2 heteroatoms. The lowest BCUT2D eigenvalue weighted by molar-refractivity contribution is 0.172. The molecule has 2 nitrogen and oxygen atoms in total. The van der Waals surface area contributed by atoms with Crippen molar-refractivity contribution in [2.24, 2.45) is 0 Å². The maximum Gasteiger partial charge on any atom is 0.0190 e. The molecular formula is C15H30N2. The summed E-state index contributed by atoms with van der Waals surface area (Å²) < 4.78 is 0. The van der Waals surface area contributed by atoms with Crippen molar-refractivity contribution in [3.05, 3.63) is 0 Å². The summed E-state index contributed by atoms with van der Waals surface area (Å²) in [7, 11) is 2.17. The summed E-state index contributed by atoms with van der Waals surface area (Å²) >= 11 is 0. The van der Waals surface area contributed by atoms with Gasteiger partial charge in [0.05, 0.1) is 0 Å². The maximum absolute atomic E-state index is 3.65. The van der Waals surface area contributed by atoms with Crippen LogP contribution in [0.2, 0.25) is 0 Å². The summed E-state index contributed by atoms with van der Waals surface area (Å²) in [5, 5.41) is 3.65. The molecular weight excluding hydrogens is 208 g/mol. The molecule has 2 fully saturated rings. The summed E-state index contributed by atoms with van der Waals surface area (Å²) in [5.74, 6) is 0. The predicted octanol–water partition coefficient (Wildman–Crippen LogP) is 3.17. The van der Waals surface area contributed by atoms with Crippen LogP contribution in [-0.4, -0.2) is 36.6 Å². The topological polar surface area (TPSA) is 15.3 Å². The number of nitrogens with zero attached hydrogens (tertiary/aromatic N) is 1. The molecule has 100 valence electrons. The molecule has 0 amide bonds. The normalized spacial score (nSPS) is 29.6. The fourth-order valence-corrected chi connectivity index (χ4v) is 3.86. The molecule has 17 heavy (non-hydrogen) atoms. The highest BCUT2D eigenvalue weighted by Gasteiger charge is 2.32. The van der Waals surface area contributed by atoms with Crippen molar-refractivity contribution in [3.63, 3.8) is 0 Å². The number of rotatable bonds is 5. The molecule has 1 N–H and O–H groups in total. The van der Waals surface area contributed by atoms with E-state index in [1.54, 1.807) is 0 Å². The van der Waals surface area contributed by atoms with E-state index in [0.717, 1.165) is 6.04 Å². The van der Waals surface area contributed by atoms with Gasteiger partial charge in [0.2, 0.25) is 0 Å². The largest absolute Gasteiger partial charge is 0.314 e. The molecule has 0 aromatic heterocycles. The van der Waals surface area contributed by atoms with Gasteiger partial charge in [0, 0.05) is 18.1 Å². The van der Waals surface area contributed by atoms with Crippen LogP contribution in [0, 0.1) is 0 Å². The Morgan fingerprint density at radius 1 is 1.18 bits per heavy atom. The van der Waals surface area contributed by atoms with Crippen molar-refractivity contribution in [2.75, 3.05) is 20.1 Å². The highest BCUT2D eigenvalue weighted by molar-refractivity contribution is 4.91. The lowest BCUT2D eigenvalue weighted by Crippen LogP contribution is -2.47. The van der Waals surface area contributed by atoms with Gasteiger partial charge < -0.3 is 10.2 Å². The summed E-state index contributed by atoms with van der Waals surface area (Å²) in [5.41, 5.74) is 0.471. The van der Waals surface area contributed by atoms with Crippen LogP contribution in [0.25, 0.3) is 0 Å². The minimum atomic E-state index is 0.471. The Morgan fingerprint density at radius 2 is 1.94 bits per heavy atom. The number of nitrogens with one attached hydrogen (secondary N) is 1. The van der Waals surface area contributed by atoms with Crippen LogP contribution in [0.4, 0.5) is 0 Å². The van der Waals surface area contributed by atoms with Crippen LogP contribution >= 0.6 is 0 Å². The van der Waals surface area contributed by atoms with E-state index in [4.69, 9.17) is 0 Å². The minimum absolute atomic E-state index is 0.471. The fraction of sp³-hybridized carbons (Fsp3) is 1.00. The van der Waals surface area contributed by atoms with E-state index < -0.39 is 0 Å². The second kappa shape index (κ2) is 6.19. The first-order valence-corrected chi connectivity index (χ1v) is 7.72. The van der Waals surface area contributed by atoms with Crippen LogP contribution in [0.15, 0.2) is 0 Å². The third kappa shape index (κ3) is 3.23. The molecule has 1 unspecified atom stereocenters. The Kier molecular flexibility index (Phi) is 4.87. The molecule has 0 aromatic carbocycles. The third-order valence-electron chi connectivity index (χ3n) is 5.19. The van der Waals surface area contributed by atoms with E-state index in [-0.39, 0.29) is 0 Å². The van der Waals surface area contributed by atoms with E-state index in [2.05, 4.69) is 24.2 Å².